The second-order valence-corrected chi connectivity index (χ2v) is 3.93. The Kier molecular flexibility index (Phi) is 2.94. The molecule has 74 valence electrons. The van der Waals surface area contributed by atoms with E-state index in [4.69, 9.17) is 5.73 Å². The Hall–Kier alpha value is -1.15. The third kappa shape index (κ3) is 2.42. The Labute approximate surface area is 84.9 Å². The van der Waals surface area contributed by atoms with Crippen LogP contribution in [0.15, 0.2) is 30.1 Å². The van der Waals surface area contributed by atoms with E-state index in [1.165, 1.54) is 11.1 Å². The van der Waals surface area contributed by atoms with Crippen LogP contribution in [0.25, 0.3) is 6.08 Å². The summed E-state index contributed by atoms with van der Waals surface area (Å²) < 4.78 is 0. The molecule has 0 amide bonds. The summed E-state index contributed by atoms with van der Waals surface area (Å²) in [5.41, 5.74) is 8.57. The molecule has 2 heteroatoms. The van der Waals surface area contributed by atoms with E-state index in [1.807, 2.05) is 12.3 Å². The lowest BCUT2D eigenvalue weighted by molar-refractivity contribution is 0.514. The second-order valence-electron chi connectivity index (χ2n) is 3.93. The van der Waals surface area contributed by atoms with Gasteiger partial charge in [0.25, 0.3) is 0 Å². The van der Waals surface area contributed by atoms with Gasteiger partial charge in [-0.2, -0.15) is 0 Å². The lowest BCUT2D eigenvalue weighted by Gasteiger charge is -2.19. The molecule has 1 fully saturated rings. The van der Waals surface area contributed by atoms with Crippen LogP contribution >= 0.6 is 0 Å². The van der Waals surface area contributed by atoms with Crippen molar-refractivity contribution in [2.24, 2.45) is 5.73 Å². The van der Waals surface area contributed by atoms with Crippen LogP contribution in [0.3, 0.4) is 0 Å². The molecule has 0 radical (unpaired) electrons. The van der Waals surface area contributed by atoms with Gasteiger partial charge in [-0.25, -0.2) is 0 Å². The number of nitrogens with zero attached hydrogens (tertiary/aromatic N) is 1. The molecule has 0 unspecified atom stereocenters. The van der Waals surface area contributed by atoms with Gasteiger partial charge >= 0.3 is 0 Å². The van der Waals surface area contributed by atoms with E-state index in [0.717, 1.165) is 25.7 Å². The van der Waals surface area contributed by atoms with Crippen molar-refractivity contribution in [3.63, 3.8) is 0 Å². The summed E-state index contributed by atoms with van der Waals surface area (Å²) in [7, 11) is 0. The van der Waals surface area contributed by atoms with Gasteiger partial charge < -0.3 is 5.73 Å². The zero-order valence-corrected chi connectivity index (χ0v) is 8.32. The average Bonchev–Trinajstić information content (AvgIpc) is 2.23. The monoisotopic (exact) mass is 188 g/mol. The average molecular weight is 188 g/mol. The number of rotatable bonds is 1. The number of nitrogens with two attached hydrogens (primary N) is 1. The highest BCUT2D eigenvalue weighted by atomic mass is 14.6. The van der Waals surface area contributed by atoms with Crippen LogP contribution in [-0.2, 0) is 0 Å². The molecule has 1 aromatic rings. The lowest BCUT2D eigenvalue weighted by atomic mass is 9.90. The molecule has 1 aliphatic rings. The van der Waals surface area contributed by atoms with E-state index in [2.05, 4.69) is 17.1 Å². The van der Waals surface area contributed by atoms with Gasteiger partial charge in [0.2, 0.25) is 0 Å². The molecular weight excluding hydrogens is 172 g/mol. The molecule has 0 aromatic carbocycles. The highest BCUT2D eigenvalue weighted by Gasteiger charge is 2.11. The van der Waals surface area contributed by atoms with Crippen molar-refractivity contribution in [2.75, 3.05) is 0 Å². The van der Waals surface area contributed by atoms with Crippen molar-refractivity contribution in [3.05, 3.63) is 35.7 Å². The van der Waals surface area contributed by atoms with Crippen LogP contribution in [0.1, 0.15) is 31.2 Å². The predicted octanol–water partition coefficient (Wildman–Crippen LogP) is 2.37. The van der Waals surface area contributed by atoms with Gasteiger partial charge in [0.15, 0.2) is 0 Å². The number of hydrogen-bond donors (Lipinski definition) is 1. The molecular formula is C12H16N2. The summed E-state index contributed by atoms with van der Waals surface area (Å²) in [5, 5.41) is 0. The van der Waals surface area contributed by atoms with Gasteiger partial charge in [-0.3, -0.25) is 4.98 Å². The van der Waals surface area contributed by atoms with Gasteiger partial charge in [-0.05, 0) is 37.3 Å². The fourth-order valence-corrected chi connectivity index (χ4v) is 1.85. The zero-order valence-electron chi connectivity index (χ0n) is 8.32. The van der Waals surface area contributed by atoms with Crippen molar-refractivity contribution in [1.29, 1.82) is 0 Å². The molecule has 1 aliphatic carbocycles. The van der Waals surface area contributed by atoms with Crippen molar-refractivity contribution in [3.8, 4) is 0 Å². The topological polar surface area (TPSA) is 38.9 Å². The third-order valence-electron chi connectivity index (χ3n) is 2.73. The molecule has 2 rings (SSSR count). The first-order valence-corrected chi connectivity index (χ1v) is 5.19. The Morgan fingerprint density at radius 3 is 2.79 bits per heavy atom. The molecule has 2 N–H and O–H groups in total. The molecule has 1 saturated carbocycles. The Morgan fingerprint density at radius 2 is 2.14 bits per heavy atom. The first-order chi connectivity index (χ1) is 6.84. The number of allylic oxidation sites excluding steroid dienone is 1. The fourth-order valence-electron chi connectivity index (χ4n) is 1.85. The van der Waals surface area contributed by atoms with E-state index in [-0.39, 0.29) is 0 Å². The smallest absolute Gasteiger partial charge is 0.0340 e. The summed E-state index contributed by atoms with van der Waals surface area (Å²) >= 11 is 0. The molecule has 0 saturated heterocycles. The molecule has 1 heterocycles. The van der Waals surface area contributed by atoms with E-state index in [0.29, 0.717) is 6.04 Å². The van der Waals surface area contributed by atoms with Crippen molar-refractivity contribution < 1.29 is 0 Å². The Balaban J connectivity index is 2.05. The van der Waals surface area contributed by atoms with Crippen LogP contribution in [0.2, 0.25) is 0 Å². The highest BCUT2D eigenvalue weighted by molar-refractivity contribution is 5.51. The van der Waals surface area contributed by atoms with E-state index in [1.54, 1.807) is 6.20 Å². The first-order valence-electron chi connectivity index (χ1n) is 5.19. The molecule has 0 aliphatic heterocycles. The minimum Gasteiger partial charge on any atom is -0.328 e. The predicted molar refractivity (Wildman–Crippen MR) is 58.7 cm³/mol. The van der Waals surface area contributed by atoms with Gasteiger partial charge in [-0.15, -0.1) is 0 Å². The standard InChI is InChI=1S/C12H16N2/c13-12-5-3-10(4-6-12)8-11-2-1-7-14-9-11/h1-2,7-9,12H,3-6,13H2. The molecule has 1 aromatic heterocycles. The summed E-state index contributed by atoms with van der Waals surface area (Å²) in [4.78, 5) is 4.10. The molecule has 0 atom stereocenters. The maximum absolute atomic E-state index is 5.85. The molecule has 2 nitrogen and oxygen atoms in total. The van der Waals surface area contributed by atoms with Gasteiger partial charge in [0, 0.05) is 18.4 Å². The minimum absolute atomic E-state index is 0.418. The summed E-state index contributed by atoms with van der Waals surface area (Å²) in [5.74, 6) is 0. The quantitative estimate of drug-likeness (QED) is 0.734. The molecule has 0 bridgehead atoms. The number of aromatic nitrogens is 1. The van der Waals surface area contributed by atoms with E-state index in [9.17, 15) is 0 Å². The normalized spacial score (nSPS) is 22.1. The van der Waals surface area contributed by atoms with Gasteiger partial charge in [0.05, 0.1) is 0 Å². The third-order valence-corrected chi connectivity index (χ3v) is 2.73. The van der Waals surface area contributed by atoms with Crippen LogP contribution in [0.5, 0.6) is 0 Å². The summed E-state index contributed by atoms with van der Waals surface area (Å²) in [6, 6.07) is 4.48. The SMILES string of the molecule is NC1CCC(=Cc2cccnc2)CC1. The Bertz CT molecular complexity index is 306. The second kappa shape index (κ2) is 4.38. The Morgan fingerprint density at radius 1 is 1.36 bits per heavy atom. The summed E-state index contributed by atoms with van der Waals surface area (Å²) in [6.45, 7) is 0. The first kappa shape index (κ1) is 9.41. The molecule has 0 spiro atoms. The summed E-state index contributed by atoms with van der Waals surface area (Å²) in [6.07, 6.45) is 10.5. The lowest BCUT2D eigenvalue weighted by Crippen LogP contribution is -2.23. The zero-order chi connectivity index (χ0) is 9.80. The van der Waals surface area contributed by atoms with Crippen LogP contribution in [0, 0.1) is 0 Å². The van der Waals surface area contributed by atoms with E-state index >= 15 is 0 Å². The van der Waals surface area contributed by atoms with Crippen LogP contribution in [-0.4, -0.2) is 11.0 Å². The molecule has 14 heavy (non-hydrogen) atoms. The van der Waals surface area contributed by atoms with Crippen molar-refractivity contribution in [1.82, 2.24) is 4.98 Å². The van der Waals surface area contributed by atoms with Gasteiger partial charge in [-0.1, -0.05) is 17.7 Å². The number of hydrogen-bond acceptors (Lipinski definition) is 2. The van der Waals surface area contributed by atoms with Crippen LogP contribution in [0.4, 0.5) is 0 Å². The van der Waals surface area contributed by atoms with E-state index < -0.39 is 0 Å². The van der Waals surface area contributed by atoms with Crippen molar-refractivity contribution in [2.45, 2.75) is 31.7 Å². The largest absolute Gasteiger partial charge is 0.328 e. The minimum atomic E-state index is 0.418. The maximum atomic E-state index is 5.85. The maximum Gasteiger partial charge on any atom is 0.0340 e. The van der Waals surface area contributed by atoms with Crippen molar-refractivity contribution >= 4 is 6.08 Å². The fraction of sp³-hybridized carbons (Fsp3) is 0.417. The van der Waals surface area contributed by atoms with Crippen LogP contribution < -0.4 is 5.73 Å². The van der Waals surface area contributed by atoms with Gasteiger partial charge in [0.1, 0.15) is 0 Å². The highest BCUT2D eigenvalue weighted by Crippen LogP contribution is 2.24. The number of pyridine rings is 1.